The number of rotatable bonds is 12. The Kier molecular flexibility index (Phi) is 9.55. The highest BCUT2D eigenvalue weighted by Crippen LogP contribution is 2.25. The number of carboxylic acid groups (broad SMARTS) is 1. The SMILES string of the molecule is C[C@H](NC(=O)C(CCC(=O)O)NC(=O)CCc1ccc(-c2ccc(-c3ccccc3)cc2)cc1)C(N)=O. The minimum atomic E-state index is -1.09. The first-order valence-electron chi connectivity index (χ1n) is 12.1. The van der Waals surface area contributed by atoms with Crippen LogP contribution in [0.2, 0.25) is 0 Å². The molecule has 0 fully saturated rings. The molecule has 0 aliphatic heterocycles. The van der Waals surface area contributed by atoms with Crippen LogP contribution in [0.5, 0.6) is 0 Å². The summed E-state index contributed by atoms with van der Waals surface area (Å²) in [4.78, 5) is 47.1. The summed E-state index contributed by atoms with van der Waals surface area (Å²) < 4.78 is 0. The summed E-state index contributed by atoms with van der Waals surface area (Å²) in [7, 11) is 0. The first kappa shape index (κ1) is 27.1. The van der Waals surface area contributed by atoms with E-state index in [9.17, 15) is 19.2 Å². The Morgan fingerprint density at radius 3 is 1.78 bits per heavy atom. The van der Waals surface area contributed by atoms with Gasteiger partial charge in [-0.2, -0.15) is 0 Å². The van der Waals surface area contributed by atoms with Crippen LogP contribution >= 0.6 is 0 Å². The molecule has 0 heterocycles. The number of primary amides is 1. The average Bonchev–Trinajstić information content (AvgIpc) is 2.90. The van der Waals surface area contributed by atoms with Crippen molar-refractivity contribution >= 4 is 23.7 Å². The van der Waals surface area contributed by atoms with Crippen molar-refractivity contribution in [3.63, 3.8) is 0 Å². The predicted octanol–water partition coefficient (Wildman–Crippen LogP) is 3.29. The van der Waals surface area contributed by atoms with Gasteiger partial charge in [0.25, 0.3) is 0 Å². The molecule has 0 radical (unpaired) electrons. The molecule has 0 aromatic heterocycles. The van der Waals surface area contributed by atoms with Crippen LogP contribution in [0.1, 0.15) is 31.7 Å². The lowest BCUT2D eigenvalue weighted by Gasteiger charge is -2.19. The molecule has 2 atom stereocenters. The highest BCUT2D eigenvalue weighted by molar-refractivity contribution is 5.91. The van der Waals surface area contributed by atoms with Gasteiger partial charge in [0.15, 0.2) is 0 Å². The Morgan fingerprint density at radius 2 is 1.27 bits per heavy atom. The van der Waals surface area contributed by atoms with Gasteiger partial charge < -0.3 is 21.5 Å². The second-order valence-corrected chi connectivity index (χ2v) is 8.83. The third-order valence-electron chi connectivity index (χ3n) is 6.00. The molecule has 5 N–H and O–H groups in total. The van der Waals surface area contributed by atoms with Crippen molar-refractivity contribution in [1.82, 2.24) is 10.6 Å². The number of aryl methyl sites for hydroxylation is 1. The van der Waals surface area contributed by atoms with Crippen LogP contribution in [-0.2, 0) is 25.6 Å². The van der Waals surface area contributed by atoms with Gasteiger partial charge in [0.1, 0.15) is 12.1 Å². The molecule has 8 heteroatoms. The molecule has 0 bridgehead atoms. The quantitative estimate of drug-likeness (QED) is 0.302. The molecule has 3 aromatic rings. The third-order valence-corrected chi connectivity index (χ3v) is 6.00. The lowest BCUT2D eigenvalue weighted by molar-refractivity contribution is -0.138. The van der Waals surface area contributed by atoms with Crippen molar-refractivity contribution in [1.29, 1.82) is 0 Å². The molecule has 1 unspecified atom stereocenters. The summed E-state index contributed by atoms with van der Waals surface area (Å²) >= 11 is 0. The number of amides is 3. The van der Waals surface area contributed by atoms with E-state index in [2.05, 4.69) is 47.0 Å². The van der Waals surface area contributed by atoms with E-state index in [1.54, 1.807) is 0 Å². The zero-order valence-electron chi connectivity index (χ0n) is 20.6. The smallest absolute Gasteiger partial charge is 0.303 e. The van der Waals surface area contributed by atoms with Gasteiger partial charge in [-0.05, 0) is 47.6 Å². The highest BCUT2D eigenvalue weighted by atomic mass is 16.4. The maximum Gasteiger partial charge on any atom is 0.303 e. The number of hydrogen-bond donors (Lipinski definition) is 4. The van der Waals surface area contributed by atoms with Crippen molar-refractivity contribution < 1.29 is 24.3 Å². The summed E-state index contributed by atoms with van der Waals surface area (Å²) in [5, 5.41) is 13.9. The van der Waals surface area contributed by atoms with Crippen molar-refractivity contribution in [2.75, 3.05) is 0 Å². The second kappa shape index (κ2) is 13.0. The van der Waals surface area contributed by atoms with Crippen LogP contribution in [0, 0.1) is 0 Å². The van der Waals surface area contributed by atoms with Crippen molar-refractivity contribution in [2.24, 2.45) is 5.73 Å². The molecule has 3 amide bonds. The van der Waals surface area contributed by atoms with Gasteiger partial charge in [0.2, 0.25) is 17.7 Å². The third kappa shape index (κ3) is 8.31. The van der Waals surface area contributed by atoms with Gasteiger partial charge >= 0.3 is 5.97 Å². The Hall–Kier alpha value is -4.46. The first-order chi connectivity index (χ1) is 17.7. The summed E-state index contributed by atoms with van der Waals surface area (Å²) in [6.45, 7) is 1.41. The second-order valence-electron chi connectivity index (χ2n) is 8.83. The van der Waals surface area contributed by atoms with E-state index in [0.717, 1.165) is 27.8 Å². The fourth-order valence-corrected chi connectivity index (χ4v) is 3.80. The number of carbonyl (C=O) groups is 4. The number of carboxylic acids is 1. The summed E-state index contributed by atoms with van der Waals surface area (Å²) in [5.41, 5.74) is 10.6. The normalized spacial score (nSPS) is 12.2. The molecule has 0 saturated carbocycles. The molecule has 8 nitrogen and oxygen atoms in total. The lowest BCUT2D eigenvalue weighted by Crippen LogP contribution is -2.52. The molecule has 0 aliphatic carbocycles. The number of nitrogens with two attached hydrogens (primary N) is 1. The standard InChI is InChI=1S/C29H31N3O5/c1-19(28(30)36)31-29(37)25(16-18-27(34)35)32-26(33)17-9-20-7-10-22(11-8-20)24-14-12-23(13-15-24)21-5-3-2-4-6-21/h2-8,10-15,19,25H,9,16-18H2,1H3,(H2,30,36)(H,31,37)(H,32,33)(H,34,35)/t19-,25?/m0/s1. The molecule has 0 aliphatic rings. The van der Waals surface area contributed by atoms with E-state index in [0.29, 0.717) is 6.42 Å². The fraction of sp³-hybridized carbons (Fsp3) is 0.241. The molecule has 0 saturated heterocycles. The number of hydrogen-bond acceptors (Lipinski definition) is 4. The van der Waals surface area contributed by atoms with Crippen LogP contribution in [0.25, 0.3) is 22.3 Å². The van der Waals surface area contributed by atoms with Crippen LogP contribution in [-0.4, -0.2) is 40.9 Å². The Balaban J connectivity index is 1.56. The molecule has 37 heavy (non-hydrogen) atoms. The van der Waals surface area contributed by atoms with Gasteiger partial charge in [-0.25, -0.2) is 0 Å². The number of aliphatic carboxylic acids is 1. The van der Waals surface area contributed by atoms with E-state index in [1.807, 2.05) is 42.5 Å². The van der Waals surface area contributed by atoms with Gasteiger partial charge in [-0.1, -0.05) is 78.9 Å². The minimum absolute atomic E-state index is 0.101. The molecular formula is C29H31N3O5. The van der Waals surface area contributed by atoms with Gasteiger partial charge in [0.05, 0.1) is 0 Å². The maximum atomic E-state index is 12.5. The summed E-state index contributed by atoms with van der Waals surface area (Å²) in [6, 6.07) is 24.4. The van der Waals surface area contributed by atoms with E-state index in [-0.39, 0.29) is 19.3 Å². The monoisotopic (exact) mass is 501 g/mol. The Bertz CT molecular complexity index is 1220. The molecule has 3 rings (SSSR count). The minimum Gasteiger partial charge on any atom is -0.481 e. The van der Waals surface area contributed by atoms with Gasteiger partial charge in [-0.15, -0.1) is 0 Å². The predicted molar refractivity (Wildman–Crippen MR) is 141 cm³/mol. The zero-order valence-corrected chi connectivity index (χ0v) is 20.6. The largest absolute Gasteiger partial charge is 0.481 e. The van der Waals surface area contributed by atoms with E-state index in [4.69, 9.17) is 10.8 Å². The van der Waals surface area contributed by atoms with Crippen LogP contribution in [0.3, 0.4) is 0 Å². The van der Waals surface area contributed by atoms with E-state index in [1.165, 1.54) is 6.92 Å². The van der Waals surface area contributed by atoms with Gasteiger partial charge in [-0.3, -0.25) is 19.2 Å². The fourth-order valence-electron chi connectivity index (χ4n) is 3.80. The van der Waals surface area contributed by atoms with Crippen molar-refractivity contribution in [2.45, 2.75) is 44.7 Å². The number of benzene rings is 3. The number of nitrogens with one attached hydrogen (secondary N) is 2. The molecule has 3 aromatic carbocycles. The topological polar surface area (TPSA) is 139 Å². The number of carbonyl (C=O) groups excluding carboxylic acids is 3. The maximum absolute atomic E-state index is 12.5. The van der Waals surface area contributed by atoms with Gasteiger partial charge in [0, 0.05) is 12.8 Å². The Labute approximate surface area is 215 Å². The Morgan fingerprint density at radius 1 is 0.757 bits per heavy atom. The highest BCUT2D eigenvalue weighted by Gasteiger charge is 2.24. The summed E-state index contributed by atoms with van der Waals surface area (Å²) in [5.74, 6) is -2.86. The van der Waals surface area contributed by atoms with Crippen LogP contribution in [0.15, 0.2) is 78.9 Å². The van der Waals surface area contributed by atoms with Crippen LogP contribution in [0.4, 0.5) is 0 Å². The zero-order chi connectivity index (χ0) is 26.8. The average molecular weight is 502 g/mol. The molecule has 192 valence electrons. The van der Waals surface area contributed by atoms with E-state index >= 15 is 0 Å². The first-order valence-corrected chi connectivity index (χ1v) is 12.1. The van der Waals surface area contributed by atoms with Crippen LogP contribution < -0.4 is 16.4 Å². The van der Waals surface area contributed by atoms with Crippen molar-refractivity contribution in [3.05, 3.63) is 84.4 Å². The lowest BCUT2D eigenvalue weighted by atomic mass is 9.99. The molecular weight excluding hydrogens is 470 g/mol. The summed E-state index contributed by atoms with van der Waals surface area (Å²) in [6.07, 6.45) is 0.157. The molecule has 0 spiro atoms. The van der Waals surface area contributed by atoms with Crippen molar-refractivity contribution in [3.8, 4) is 22.3 Å². The van der Waals surface area contributed by atoms with E-state index < -0.39 is 35.8 Å².